The number of fused-ring (bicyclic) bond motifs is 3. The molecule has 0 spiro atoms. The lowest BCUT2D eigenvalue weighted by atomic mass is 10.1. The van der Waals surface area contributed by atoms with Gasteiger partial charge in [0.2, 0.25) is 0 Å². The van der Waals surface area contributed by atoms with E-state index >= 15 is 0 Å². The molecule has 13 heavy (non-hydrogen) atoms. The molecule has 1 aromatic heterocycles. The van der Waals surface area contributed by atoms with Crippen LogP contribution in [0.3, 0.4) is 0 Å². The summed E-state index contributed by atoms with van der Waals surface area (Å²) in [6, 6.07) is 2.83. The van der Waals surface area contributed by atoms with Crippen molar-refractivity contribution < 1.29 is 0 Å². The van der Waals surface area contributed by atoms with Crippen molar-refractivity contribution in [1.82, 2.24) is 4.98 Å². The zero-order valence-electron chi connectivity index (χ0n) is 7.53. The summed E-state index contributed by atoms with van der Waals surface area (Å²) >= 11 is 0. The van der Waals surface area contributed by atoms with Gasteiger partial charge in [0.05, 0.1) is 17.6 Å². The fourth-order valence-corrected chi connectivity index (χ4v) is 2.37. The maximum absolute atomic E-state index is 4.12. The molecule has 1 saturated heterocycles. The molecule has 1 unspecified atom stereocenters. The zero-order valence-corrected chi connectivity index (χ0v) is 7.53. The fraction of sp³-hybridized carbons (Fsp3) is 0.500. The molecule has 0 aromatic carbocycles. The van der Waals surface area contributed by atoms with Gasteiger partial charge in [-0.3, -0.25) is 4.98 Å². The average Bonchev–Trinajstić information content (AvgIpc) is 2.65. The van der Waals surface area contributed by atoms with Gasteiger partial charge in [-0.1, -0.05) is 0 Å². The van der Waals surface area contributed by atoms with E-state index in [4.69, 9.17) is 0 Å². The van der Waals surface area contributed by atoms with Crippen molar-refractivity contribution in [3.63, 3.8) is 0 Å². The molecule has 0 aliphatic carbocycles. The van der Waals surface area contributed by atoms with Crippen LogP contribution in [0.4, 0.5) is 11.4 Å². The number of pyridine rings is 1. The third-order valence-electron chi connectivity index (χ3n) is 3.01. The van der Waals surface area contributed by atoms with Crippen molar-refractivity contribution in [3.8, 4) is 0 Å². The van der Waals surface area contributed by atoms with Gasteiger partial charge >= 0.3 is 0 Å². The Morgan fingerprint density at radius 1 is 1.54 bits per heavy atom. The van der Waals surface area contributed by atoms with E-state index in [1.54, 1.807) is 0 Å². The van der Waals surface area contributed by atoms with Gasteiger partial charge in [-0.2, -0.15) is 0 Å². The quantitative estimate of drug-likeness (QED) is 0.647. The van der Waals surface area contributed by atoms with E-state index < -0.39 is 0 Å². The van der Waals surface area contributed by atoms with Crippen LogP contribution in [-0.2, 0) is 0 Å². The summed E-state index contributed by atoms with van der Waals surface area (Å²) in [7, 11) is 0. The third kappa shape index (κ3) is 0.996. The van der Waals surface area contributed by atoms with E-state index in [1.165, 1.54) is 30.8 Å². The summed E-state index contributed by atoms with van der Waals surface area (Å²) in [5, 5.41) is 3.43. The predicted octanol–water partition coefficient (Wildman–Crippen LogP) is 1.48. The summed E-state index contributed by atoms with van der Waals surface area (Å²) in [6.07, 6.45) is 6.45. The first-order valence-corrected chi connectivity index (χ1v) is 4.90. The average molecular weight is 175 g/mol. The van der Waals surface area contributed by atoms with E-state index in [2.05, 4.69) is 21.3 Å². The highest BCUT2D eigenvalue weighted by Gasteiger charge is 2.29. The smallest absolute Gasteiger partial charge is 0.0765 e. The first-order chi connectivity index (χ1) is 6.45. The van der Waals surface area contributed by atoms with Crippen LogP contribution in [0.25, 0.3) is 0 Å². The van der Waals surface area contributed by atoms with Gasteiger partial charge in [0.25, 0.3) is 0 Å². The molecule has 1 atom stereocenters. The first-order valence-electron chi connectivity index (χ1n) is 4.90. The Hall–Kier alpha value is -1.25. The number of hydrogen-bond acceptors (Lipinski definition) is 3. The molecule has 0 amide bonds. The minimum Gasteiger partial charge on any atom is -0.380 e. The van der Waals surface area contributed by atoms with Crippen molar-refractivity contribution in [2.24, 2.45) is 0 Å². The van der Waals surface area contributed by atoms with E-state index in [-0.39, 0.29) is 0 Å². The molecule has 0 radical (unpaired) electrons. The second-order valence-corrected chi connectivity index (χ2v) is 3.76. The third-order valence-corrected chi connectivity index (χ3v) is 3.01. The van der Waals surface area contributed by atoms with Crippen LogP contribution in [0.5, 0.6) is 0 Å². The summed E-state index contributed by atoms with van der Waals surface area (Å²) in [5.74, 6) is 0. The van der Waals surface area contributed by atoms with Gasteiger partial charge in [0.15, 0.2) is 0 Å². The second-order valence-electron chi connectivity index (χ2n) is 3.76. The largest absolute Gasteiger partial charge is 0.380 e. The number of nitrogens with one attached hydrogen (secondary N) is 1. The number of aromatic nitrogens is 1. The minimum absolute atomic E-state index is 0.717. The molecular formula is C10H13N3. The van der Waals surface area contributed by atoms with Crippen molar-refractivity contribution in [2.75, 3.05) is 23.3 Å². The molecular weight excluding hydrogens is 162 g/mol. The lowest BCUT2D eigenvalue weighted by Crippen LogP contribution is -2.39. The van der Waals surface area contributed by atoms with E-state index in [0.717, 1.165) is 12.6 Å². The van der Waals surface area contributed by atoms with Crippen molar-refractivity contribution in [1.29, 1.82) is 0 Å². The lowest BCUT2D eigenvalue weighted by molar-refractivity contribution is 0.682. The number of hydrogen-bond donors (Lipinski definition) is 1. The van der Waals surface area contributed by atoms with Gasteiger partial charge in [-0.05, 0) is 18.9 Å². The number of nitrogens with zero attached hydrogens (tertiary/aromatic N) is 2. The van der Waals surface area contributed by atoms with Crippen LogP contribution in [-0.4, -0.2) is 24.1 Å². The number of anilines is 2. The standard InChI is InChI=1S/C10H13N3/c1-2-8-6-12-9-7-11-4-3-10(9)13(8)5-1/h3-4,7-8,12H,1-2,5-6H2. The summed E-state index contributed by atoms with van der Waals surface area (Å²) in [5.41, 5.74) is 2.53. The van der Waals surface area contributed by atoms with E-state index in [9.17, 15) is 0 Å². The monoisotopic (exact) mass is 175 g/mol. The van der Waals surface area contributed by atoms with Gasteiger partial charge < -0.3 is 10.2 Å². The highest BCUT2D eigenvalue weighted by atomic mass is 15.2. The van der Waals surface area contributed by atoms with Gasteiger partial charge in [-0.25, -0.2) is 0 Å². The van der Waals surface area contributed by atoms with Crippen molar-refractivity contribution in [3.05, 3.63) is 18.5 Å². The van der Waals surface area contributed by atoms with Crippen molar-refractivity contribution >= 4 is 11.4 Å². The van der Waals surface area contributed by atoms with Crippen LogP contribution >= 0.6 is 0 Å². The summed E-state index contributed by atoms with van der Waals surface area (Å²) in [6.45, 7) is 2.29. The van der Waals surface area contributed by atoms with Crippen LogP contribution in [0.2, 0.25) is 0 Å². The topological polar surface area (TPSA) is 28.2 Å². The first kappa shape index (κ1) is 7.18. The Labute approximate surface area is 77.8 Å². The molecule has 68 valence electrons. The summed E-state index contributed by atoms with van der Waals surface area (Å²) < 4.78 is 0. The Bertz CT molecular complexity index is 324. The van der Waals surface area contributed by atoms with Crippen LogP contribution in [0.1, 0.15) is 12.8 Å². The SMILES string of the molecule is c1cc2c(cn1)NCC1CCCN21. The minimum atomic E-state index is 0.717. The highest BCUT2D eigenvalue weighted by Crippen LogP contribution is 2.34. The number of rotatable bonds is 0. The molecule has 3 heterocycles. The fourth-order valence-electron chi connectivity index (χ4n) is 2.37. The Morgan fingerprint density at radius 2 is 2.54 bits per heavy atom. The molecule has 0 saturated carbocycles. The molecule has 1 N–H and O–H groups in total. The molecule has 3 heteroatoms. The van der Waals surface area contributed by atoms with Gasteiger partial charge in [-0.15, -0.1) is 0 Å². The van der Waals surface area contributed by atoms with Gasteiger partial charge in [0, 0.05) is 25.3 Å². The van der Waals surface area contributed by atoms with Crippen LogP contribution in [0, 0.1) is 0 Å². The second kappa shape index (κ2) is 2.62. The summed E-state index contributed by atoms with van der Waals surface area (Å²) in [4.78, 5) is 6.63. The van der Waals surface area contributed by atoms with E-state index in [0.29, 0.717) is 0 Å². The molecule has 3 rings (SSSR count). The normalized spacial score (nSPS) is 24.9. The van der Waals surface area contributed by atoms with E-state index in [1.807, 2.05) is 12.4 Å². The Morgan fingerprint density at radius 3 is 3.54 bits per heavy atom. The maximum atomic E-state index is 4.12. The van der Waals surface area contributed by atoms with Gasteiger partial charge in [0.1, 0.15) is 0 Å². The molecule has 0 bridgehead atoms. The highest BCUT2D eigenvalue weighted by molar-refractivity contribution is 5.71. The molecule has 1 fully saturated rings. The maximum Gasteiger partial charge on any atom is 0.0765 e. The predicted molar refractivity (Wildman–Crippen MR) is 53.1 cm³/mol. The Kier molecular flexibility index (Phi) is 1.45. The molecule has 1 aromatic rings. The van der Waals surface area contributed by atoms with Crippen molar-refractivity contribution in [2.45, 2.75) is 18.9 Å². The van der Waals surface area contributed by atoms with Crippen LogP contribution < -0.4 is 10.2 Å². The molecule has 2 aliphatic rings. The zero-order chi connectivity index (χ0) is 8.67. The molecule has 3 nitrogen and oxygen atoms in total. The van der Waals surface area contributed by atoms with Crippen LogP contribution in [0.15, 0.2) is 18.5 Å². The lowest BCUT2D eigenvalue weighted by Gasteiger charge is -2.33. The Balaban J connectivity index is 2.06. The molecule has 2 aliphatic heterocycles.